The lowest BCUT2D eigenvalue weighted by Gasteiger charge is -2.11. The molecule has 1 aliphatic rings. The van der Waals surface area contributed by atoms with E-state index in [1.165, 1.54) is 0 Å². The van der Waals surface area contributed by atoms with Gasteiger partial charge in [-0.25, -0.2) is 0 Å². The number of allylic oxidation sites excluding steroid dienone is 1. The summed E-state index contributed by atoms with van der Waals surface area (Å²) in [7, 11) is 0. The van der Waals surface area contributed by atoms with Gasteiger partial charge in [0.15, 0.2) is 0 Å². The number of ether oxygens (including phenoxy) is 2. The van der Waals surface area contributed by atoms with Gasteiger partial charge in [-0.3, -0.25) is 4.79 Å². The van der Waals surface area contributed by atoms with Crippen molar-refractivity contribution in [3.8, 4) is 34.7 Å². The zero-order chi connectivity index (χ0) is 23.4. The van der Waals surface area contributed by atoms with Crippen molar-refractivity contribution in [1.29, 1.82) is 5.26 Å². The third-order valence-corrected chi connectivity index (χ3v) is 5.61. The van der Waals surface area contributed by atoms with Crippen LogP contribution in [-0.4, -0.2) is 27.5 Å². The number of fused-ring (bicyclic) bond motifs is 1. The smallest absolute Gasteiger partial charge is 0.311 e. The van der Waals surface area contributed by atoms with Crippen molar-refractivity contribution in [2.24, 2.45) is 0 Å². The summed E-state index contributed by atoms with van der Waals surface area (Å²) in [6.07, 6.45) is 3.55. The fourth-order valence-corrected chi connectivity index (χ4v) is 3.87. The topological polar surface area (TPSA) is 98.2 Å². The van der Waals surface area contributed by atoms with Crippen molar-refractivity contribution in [2.45, 2.75) is 39.2 Å². The minimum absolute atomic E-state index is 0.0414. The summed E-state index contributed by atoms with van der Waals surface area (Å²) in [5, 5.41) is 14.4. The first-order valence-corrected chi connectivity index (χ1v) is 11.8. The third-order valence-electron chi connectivity index (χ3n) is 5.05. The lowest BCUT2D eigenvalue weighted by atomic mass is 10.0. The monoisotopic (exact) mass is 507 g/mol. The minimum atomic E-state index is -0.251. The van der Waals surface area contributed by atoms with Gasteiger partial charge in [0, 0.05) is 28.4 Å². The van der Waals surface area contributed by atoms with E-state index in [4.69, 9.17) is 14.0 Å². The largest absolute Gasteiger partial charge is 0.490 e. The van der Waals surface area contributed by atoms with Gasteiger partial charge < -0.3 is 14.0 Å². The van der Waals surface area contributed by atoms with Gasteiger partial charge in [0.25, 0.3) is 5.89 Å². The molecule has 8 heteroatoms. The number of hydrogen-bond acceptors (Lipinski definition) is 7. The van der Waals surface area contributed by atoms with Crippen LogP contribution in [0.4, 0.5) is 0 Å². The standard InChI is InChI=1S/C25H22BrN3O4/c1-15(2)31-21-10-8-16(13-17(21)14-27)25-28-24(29-33-25)20-6-3-5-19-18(20)9-11-22(19)32-23(30)7-4-12-26/h3,5-6,8,10-11,13,15H,4,7,9,12H2,1-2H3. The summed E-state index contributed by atoms with van der Waals surface area (Å²) in [6.45, 7) is 3.81. The van der Waals surface area contributed by atoms with Crippen molar-refractivity contribution in [1.82, 2.24) is 10.1 Å². The molecule has 3 aromatic rings. The Kier molecular flexibility index (Phi) is 6.90. The van der Waals surface area contributed by atoms with Gasteiger partial charge in [-0.1, -0.05) is 39.3 Å². The number of esters is 1. The average Bonchev–Trinajstić information content (AvgIpc) is 3.45. The van der Waals surface area contributed by atoms with E-state index < -0.39 is 0 Å². The number of alkyl halides is 1. The second kappa shape index (κ2) is 10.0. The molecule has 2 aromatic carbocycles. The molecule has 1 heterocycles. The number of rotatable bonds is 8. The van der Waals surface area contributed by atoms with E-state index in [-0.39, 0.29) is 12.1 Å². The Bertz CT molecular complexity index is 1260. The molecule has 0 spiro atoms. The highest BCUT2D eigenvalue weighted by atomic mass is 79.9. The molecular weight excluding hydrogens is 486 g/mol. The zero-order valence-electron chi connectivity index (χ0n) is 18.3. The van der Waals surface area contributed by atoms with Crippen LogP contribution in [0, 0.1) is 11.3 Å². The van der Waals surface area contributed by atoms with Crippen molar-refractivity contribution in [3.63, 3.8) is 0 Å². The number of nitrogens with zero attached hydrogens (tertiary/aromatic N) is 3. The van der Waals surface area contributed by atoms with Gasteiger partial charge in [0.2, 0.25) is 5.82 Å². The molecule has 0 saturated heterocycles. The van der Waals surface area contributed by atoms with E-state index in [0.29, 0.717) is 47.2 Å². The van der Waals surface area contributed by atoms with Crippen LogP contribution >= 0.6 is 15.9 Å². The van der Waals surface area contributed by atoms with Crippen molar-refractivity contribution in [2.75, 3.05) is 5.33 Å². The van der Waals surface area contributed by atoms with E-state index in [1.807, 2.05) is 38.1 Å². The molecule has 1 aromatic heterocycles. The molecule has 4 rings (SSSR count). The Morgan fingerprint density at radius 1 is 1.27 bits per heavy atom. The number of carbonyl (C=O) groups excluding carboxylic acids is 1. The van der Waals surface area contributed by atoms with Crippen LogP contribution in [0.5, 0.6) is 5.75 Å². The quantitative estimate of drug-likeness (QED) is 0.285. The molecule has 0 amide bonds. The minimum Gasteiger partial charge on any atom is -0.490 e. The molecule has 0 unspecified atom stereocenters. The second-order valence-corrected chi connectivity index (χ2v) is 8.58. The van der Waals surface area contributed by atoms with Crippen LogP contribution in [0.15, 0.2) is 47.0 Å². The predicted octanol–water partition coefficient (Wildman–Crippen LogP) is 5.68. The maximum atomic E-state index is 12.1. The molecule has 33 heavy (non-hydrogen) atoms. The molecule has 168 valence electrons. The number of halogens is 1. The molecule has 0 atom stereocenters. The molecule has 0 saturated carbocycles. The SMILES string of the molecule is CC(C)Oc1ccc(-c2nc(-c3cccc4c3CC=C4OC(=O)CCCBr)no2)cc1C#N. The number of aromatic nitrogens is 2. The van der Waals surface area contributed by atoms with Gasteiger partial charge in [-0.15, -0.1) is 0 Å². The van der Waals surface area contributed by atoms with E-state index in [0.717, 1.165) is 28.4 Å². The number of carbonyl (C=O) groups is 1. The average molecular weight is 508 g/mol. The molecule has 0 N–H and O–H groups in total. The Labute approximate surface area is 200 Å². The molecule has 7 nitrogen and oxygen atoms in total. The summed E-state index contributed by atoms with van der Waals surface area (Å²) in [4.78, 5) is 16.6. The fraction of sp³-hybridized carbons (Fsp3) is 0.280. The first kappa shape index (κ1) is 22.7. The van der Waals surface area contributed by atoms with Gasteiger partial charge in [-0.05, 0) is 56.5 Å². The Morgan fingerprint density at radius 2 is 2.09 bits per heavy atom. The Hall–Kier alpha value is -3.44. The van der Waals surface area contributed by atoms with Gasteiger partial charge in [-0.2, -0.15) is 10.2 Å². The van der Waals surface area contributed by atoms with E-state index in [9.17, 15) is 10.1 Å². The molecule has 0 bridgehead atoms. The van der Waals surface area contributed by atoms with Crippen molar-refractivity contribution in [3.05, 3.63) is 59.2 Å². The van der Waals surface area contributed by atoms with Crippen molar-refractivity contribution >= 4 is 27.7 Å². The maximum absolute atomic E-state index is 12.1. The molecule has 0 fully saturated rings. The van der Waals surface area contributed by atoms with Gasteiger partial charge >= 0.3 is 5.97 Å². The lowest BCUT2D eigenvalue weighted by Crippen LogP contribution is -2.06. The zero-order valence-corrected chi connectivity index (χ0v) is 19.9. The van der Waals surface area contributed by atoms with Crippen LogP contribution in [0.25, 0.3) is 28.6 Å². The highest BCUT2D eigenvalue weighted by molar-refractivity contribution is 9.09. The summed E-state index contributed by atoms with van der Waals surface area (Å²) >= 11 is 3.32. The summed E-state index contributed by atoms with van der Waals surface area (Å²) in [5.74, 6) is 1.57. The number of hydrogen-bond donors (Lipinski definition) is 0. The summed E-state index contributed by atoms with van der Waals surface area (Å²) < 4.78 is 16.7. The van der Waals surface area contributed by atoms with Gasteiger partial charge in [0.05, 0.1) is 11.7 Å². The Balaban J connectivity index is 1.58. The molecule has 1 aliphatic carbocycles. The van der Waals surface area contributed by atoms with Crippen LogP contribution in [-0.2, 0) is 16.0 Å². The number of benzene rings is 2. The highest BCUT2D eigenvalue weighted by Gasteiger charge is 2.23. The van der Waals surface area contributed by atoms with Crippen molar-refractivity contribution < 1.29 is 18.8 Å². The molecular formula is C25H22BrN3O4. The maximum Gasteiger partial charge on any atom is 0.311 e. The van der Waals surface area contributed by atoms with E-state index in [2.05, 4.69) is 32.1 Å². The second-order valence-electron chi connectivity index (χ2n) is 7.78. The van der Waals surface area contributed by atoms with Crippen LogP contribution in [0.1, 0.15) is 43.4 Å². The normalized spacial score (nSPS) is 12.3. The summed E-state index contributed by atoms with van der Waals surface area (Å²) in [5.41, 5.74) is 3.68. The fourth-order valence-electron chi connectivity index (χ4n) is 3.59. The van der Waals surface area contributed by atoms with E-state index in [1.54, 1.807) is 18.2 Å². The molecule has 0 radical (unpaired) electrons. The summed E-state index contributed by atoms with van der Waals surface area (Å²) in [6, 6.07) is 13.1. The van der Waals surface area contributed by atoms with Crippen LogP contribution < -0.4 is 4.74 Å². The third kappa shape index (κ3) is 4.99. The van der Waals surface area contributed by atoms with Crippen LogP contribution in [0.2, 0.25) is 0 Å². The number of nitriles is 1. The lowest BCUT2D eigenvalue weighted by molar-refractivity contribution is -0.136. The first-order valence-electron chi connectivity index (χ1n) is 10.6. The first-order chi connectivity index (χ1) is 16.0. The Morgan fingerprint density at radius 3 is 2.85 bits per heavy atom. The van der Waals surface area contributed by atoms with Crippen LogP contribution in [0.3, 0.4) is 0 Å². The van der Waals surface area contributed by atoms with E-state index >= 15 is 0 Å². The predicted molar refractivity (Wildman–Crippen MR) is 126 cm³/mol. The molecule has 0 aliphatic heterocycles. The highest BCUT2D eigenvalue weighted by Crippen LogP contribution is 2.36. The van der Waals surface area contributed by atoms with Gasteiger partial charge in [0.1, 0.15) is 17.6 Å².